The van der Waals surface area contributed by atoms with Crippen LogP contribution in [0.3, 0.4) is 0 Å². The highest BCUT2D eigenvalue weighted by molar-refractivity contribution is 7.15. The predicted octanol–water partition coefficient (Wildman–Crippen LogP) is 3.31. The summed E-state index contributed by atoms with van der Waals surface area (Å²) in [7, 11) is 0. The topological polar surface area (TPSA) is 38.1 Å². The van der Waals surface area contributed by atoms with Crippen LogP contribution in [-0.2, 0) is 6.42 Å². The third-order valence-corrected chi connectivity index (χ3v) is 4.48. The van der Waals surface area contributed by atoms with Crippen molar-refractivity contribution in [3.05, 3.63) is 28.6 Å². The maximum absolute atomic E-state index is 5.80. The number of aryl methyl sites for hydroxylation is 2. The first-order chi connectivity index (χ1) is 8.72. The molecule has 0 aromatic carbocycles. The van der Waals surface area contributed by atoms with Crippen LogP contribution in [0, 0.1) is 13.8 Å². The molecule has 2 aromatic rings. The zero-order valence-corrected chi connectivity index (χ0v) is 11.6. The van der Waals surface area contributed by atoms with Gasteiger partial charge in [0.25, 0.3) is 0 Å². The molecule has 0 bridgehead atoms. The Balaban J connectivity index is 1.64. The fourth-order valence-electron chi connectivity index (χ4n) is 1.91. The van der Waals surface area contributed by atoms with Crippen LogP contribution in [0.1, 0.15) is 29.2 Å². The number of nitrogens with zero attached hydrogens (tertiary/aromatic N) is 1. The van der Waals surface area contributed by atoms with Gasteiger partial charge in [0.05, 0.1) is 11.1 Å². The van der Waals surface area contributed by atoms with E-state index in [1.54, 1.807) is 11.3 Å². The van der Waals surface area contributed by atoms with Crippen LogP contribution in [0.2, 0.25) is 0 Å². The van der Waals surface area contributed by atoms with Crippen LogP contribution < -0.4 is 5.32 Å². The van der Waals surface area contributed by atoms with E-state index in [1.165, 1.54) is 28.2 Å². The minimum Gasteiger partial charge on any atom is -0.440 e. The van der Waals surface area contributed by atoms with Crippen molar-refractivity contribution in [3.63, 3.8) is 0 Å². The molecule has 1 aliphatic carbocycles. The van der Waals surface area contributed by atoms with Gasteiger partial charge >= 0.3 is 0 Å². The number of hydrogen-bond donors (Lipinski definition) is 1. The Bertz CT molecular complexity index is 520. The molecule has 0 amide bonds. The van der Waals surface area contributed by atoms with E-state index in [9.17, 15) is 0 Å². The molecular formula is C14H18N2OS. The summed E-state index contributed by atoms with van der Waals surface area (Å²) in [6, 6.07) is 2.93. The molecule has 3 rings (SSSR count). The van der Waals surface area contributed by atoms with E-state index in [0.29, 0.717) is 0 Å². The normalized spacial score (nSPS) is 15.2. The molecule has 2 heterocycles. The Labute approximate surface area is 111 Å². The minimum atomic E-state index is 0.752. The van der Waals surface area contributed by atoms with Gasteiger partial charge in [0.2, 0.25) is 0 Å². The SMILES string of the molecule is Cc1cc(-c2cnc(CCNC3CC3)o2)sc1C. The maximum Gasteiger partial charge on any atom is 0.196 e. The van der Waals surface area contributed by atoms with E-state index < -0.39 is 0 Å². The second-order valence-corrected chi connectivity index (χ2v) is 6.20. The van der Waals surface area contributed by atoms with E-state index >= 15 is 0 Å². The Morgan fingerprint density at radius 3 is 2.94 bits per heavy atom. The van der Waals surface area contributed by atoms with Crippen molar-refractivity contribution in [1.82, 2.24) is 10.3 Å². The van der Waals surface area contributed by atoms with Gasteiger partial charge in [-0.05, 0) is 38.3 Å². The fourth-order valence-corrected chi connectivity index (χ4v) is 2.89. The van der Waals surface area contributed by atoms with Gasteiger partial charge in [-0.25, -0.2) is 4.98 Å². The van der Waals surface area contributed by atoms with Gasteiger partial charge in [-0.15, -0.1) is 11.3 Å². The molecule has 2 aromatic heterocycles. The van der Waals surface area contributed by atoms with Crippen molar-refractivity contribution < 1.29 is 4.42 Å². The molecule has 0 aliphatic heterocycles. The van der Waals surface area contributed by atoms with Gasteiger partial charge in [0.15, 0.2) is 11.7 Å². The summed E-state index contributed by atoms with van der Waals surface area (Å²) in [6.45, 7) is 5.24. The summed E-state index contributed by atoms with van der Waals surface area (Å²) in [5.74, 6) is 1.74. The van der Waals surface area contributed by atoms with Crippen molar-refractivity contribution in [2.75, 3.05) is 6.54 Å². The fraction of sp³-hybridized carbons (Fsp3) is 0.500. The number of rotatable bonds is 5. The van der Waals surface area contributed by atoms with Crippen molar-refractivity contribution in [1.29, 1.82) is 0 Å². The highest BCUT2D eigenvalue weighted by Crippen LogP contribution is 2.31. The van der Waals surface area contributed by atoms with Crippen LogP contribution in [0.15, 0.2) is 16.7 Å². The number of oxazole rings is 1. The van der Waals surface area contributed by atoms with E-state index in [2.05, 4.69) is 30.2 Å². The lowest BCUT2D eigenvalue weighted by Gasteiger charge is -1.98. The van der Waals surface area contributed by atoms with Crippen LogP contribution in [-0.4, -0.2) is 17.6 Å². The highest BCUT2D eigenvalue weighted by atomic mass is 32.1. The molecular weight excluding hydrogens is 244 g/mol. The summed E-state index contributed by atoms with van der Waals surface area (Å²) >= 11 is 1.77. The lowest BCUT2D eigenvalue weighted by Crippen LogP contribution is -2.19. The molecule has 0 saturated heterocycles. The van der Waals surface area contributed by atoms with E-state index in [1.807, 2.05) is 6.20 Å². The lowest BCUT2D eigenvalue weighted by atomic mass is 10.3. The zero-order chi connectivity index (χ0) is 12.5. The number of aromatic nitrogens is 1. The third-order valence-electron chi connectivity index (χ3n) is 3.31. The van der Waals surface area contributed by atoms with Gasteiger partial charge in [0.1, 0.15) is 0 Å². The van der Waals surface area contributed by atoms with Crippen LogP contribution >= 0.6 is 11.3 Å². The second kappa shape index (κ2) is 4.86. The summed E-state index contributed by atoms with van der Waals surface area (Å²) < 4.78 is 5.80. The van der Waals surface area contributed by atoms with Gasteiger partial charge in [-0.1, -0.05) is 0 Å². The van der Waals surface area contributed by atoms with Gasteiger partial charge in [-0.2, -0.15) is 0 Å². The molecule has 0 spiro atoms. The van der Waals surface area contributed by atoms with Gasteiger partial charge < -0.3 is 9.73 Å². The molecule has 1 saturated carbocycles. The average molecular weight is 262 g/mol. The predicted molar refractivity (Wildman–Crippen MR) is 74.0 cm³/mol. The molecule has 0 radical (unpaired) electrons. The quantitative estimate of drug-likeness (QED) is 0.898. The van der Waals surface area contributed by atoms with Crippen LogP contribution in [0.5, 0.6) is 0 Å². The Morgan fingerprint density at radius 1 is 1.44 bits per heavy atom. The smallest absolute Gasteiger partial charge is 0.196 e. The van der Waals surface area contributed by atoms with E-state index in [0.717, 1.165) is 30.7 Å². The van der Waals surface area contributed by atoms with Crippen molar-refractivity contribution in [3.8, 4) is 10.6 Å². The number of nitrogens with one attached hydrogen (secondary N) is 1. The maximum atomic E-state index is 5.80. The molecule has 4 heteroatoms. The molecule has 0 atom stereocenters. The first-order valence-electron chi connectivity index (χ1n) is 6.48. The Morgan fingerprint density at radius 2 is 2.28 bits per heavy atom. The molecule has 3 nitrogen and oxygen atoms in total. The number of hydrogen-bond acceptors (Lipinski definition) is 4. The first-order valence-corrected chi connectivity index (χ1v) is 7.29. The van der Waals surface area contributed by atoms with Crippen LogP contribution in [0.4, 0.5) is 0 Å². The molecule has 0 unspecified atom stereocenters. The molecule has 96 valence electrons. The summed E-state index contributed by atoms with van der Waals surface area (Å²) in [4.78, 5) is 6.87. The average Bonchev–Trinajstić information content (AvgIpc) is 2.94. The minimum absolute atomic E-state index is 0.752. The Kier molecular flexibility index (Phi) is 3.22. The molecule has 18 heavy (non-hydrogen) atoms. The van der Waals surface area contributed by atoms with E-state index in [4.69, 9.17) is 4.42 Å². The lowest BCUT2D eigenvalue weighted by molar-refractivity contribution is 0.495. The van der Waals surface area contributed by atoms with Gasteiger partial charge in [0, 0.05) is 23.9 Å². The van der Waals surface area contributed by atoms with E-state index in [-0.39, 0.29) is 0 Å². The molecule has 1 fully saturated rings. The van der Waals surface area contributed by atoms with Crippen molar-refractivity contribution >= 4 is 11.3 Å². The summed E-state index contributed by atoms with van der Waals surface area (Å²) in [6.07, 6.45) is 5.37. The monoisotopic (exact) mass is 262 g/mol. The molecule has 1 N–H and O–H groups in total. The van der Waals surface area contributed by atoms with Gasteiger partial charge in [-0.3, -0.25) is 0 Å². The Hall–Kier alpha value is -1.13. The molecule has 1 aliphatic rings. The zero-order valence-electron chi connectivity index (χ0n) is 10.8. The standard InChI is InChI=1S/C14H18N2OS/c1-9-7-13(18-10(9)2)12-8-16-14(17-12)5-6-15-11-3-4-11/h7-8,11,15H,3-6H2,1-2H3. The number of thiophene rings is 1. The highest BCUT2D eigenvalue weighted by Gasteiger charge is 2.20. The third kappa shape index (κ3) is 2.65. The largest absolute Gasteiger partial charge is 0.440 e. The van der Waals surface area contributed by atoms with Crippen molar-refractivity contribution in [2.24, 2.45) is 0 Å². The van der Waals surface area contributed by atoms with Crippen LogP contribution in [0.25, 0.3) is 10.6 Å². The summed E-state index contributed by atoms with van der Waals surface area (Å²) in [5, 5.41) is 3.47. The summed E-state index contributed by atoms with van der Waals surface area (Å²) in [5.41, 5.74) is 1.32. The second-order valence-electron chi connectivity index (χ2n) is 4.95. The van der Waals surface area contributed by atoms with Crippen molar-refractivity contribution in [2.45, 2.75) is 39.2 Å². The first kappa shape index (κ1) is 11.9.